The molecule has 14 heteroatoms. The van der Waals surface area contributed by atoms with Crippen LogP contribution in [0, 0.1) is 30.1 Å². The second kappa shape index (κ2) is 22.0. The molecule has 1 atom stereocenters. The number of ether oxygens (including phenoxy) is 3. The number of carbonyl (C=O) groups is 4. The molecule has 1 saturated carbocycles. The van der Waals surface area contributed by atoms with Crippen molar-refractivity contribution < 1.29 is 38.5 Å². The minimum atomic E-state index is -1.02. The Morgan fingerprint density at radius 1 is 1.05 bits per heavy atom. The van der Waals surface area contributed by atoms with E-state index in [0.29, 0.717) is 34.7 Å². The Kier molecular flexibility index (Phi) is 15.8. The van der Waals surface area contributed by atoms with Crippen molar-refractivity contribution in [3.63, 3.8) is 0 Å². The number of amides is 4. The van der Waals surface area contributed by atoms with Crippen LogP contribution >= 0.6 is 0 Å². The Labute approximate surface area is 371 Å². The highest BCUT2D eigenvalue weighted by molar-refractivity contribution is 6.09. The number of piperidine rings is 1. The number of allylic oxidation sites excluding steroid dienone is 5. The van der Waals surface area contributed by atoms with Gasteiger partial charge in [-0.05, 0) is 123 Å². The van der Waals surface area contributed by atoms with E-state index in [-0.39, 0.29) is 50.1 Å². The van der Waals surface area contributed by atoms with Gasteiger partial charge >= 0.3 is 0 Å². The number of nitrogens with one attached hydrogen (secondary N) is 1. The lowest BCUT2D eigenvalue weighted by molar-refractivity contribution is -0.139. The van der Waals surface area contributed by atoms with Crippen molar-refractivity contribution in [2.45, 2.75) is 71.4 Å². The maximum absolute atomic E-state index is 12.9. The van der Waals surface area contributed by atoms with Crippen molar-refractivity contribution in [1.29, 1.82) is 5.26 Å². The minimum Gasteiger partial charge on any atom is -0.506 e. The van der Waals surface area contributed by atoms with E-state index in [1.54, 1.807) is 25.1 Å². The average molecular weight is 863 g/mol. The van der Waals surface area contributed by atoms with Crippen LogP contribution in [0.25, 0.3) is 27.4 Å². The maximum atomic E-state index is 12.9. The van der Waals surface area contributed by atoms with Gasteiger partial charge in [-0.15, -0.1) is 0 Å². The van der Waals surface area contributed by atoms with Gasteiger partial charge in [-0.3, -0.25) is 34.4 Å². The van der Waals surface area contributed by atoms with Gasteiger partial charge in [-0.25, -0.2) is 4.98 Å². The first-order chi connectivity index (χ1) is 31.0. The number of aryl methyl sites for hydroxylation is 2. The quantitative estimate of drug-likeness (QED) is 0.0216. The number of nitriles is 1. The molecule has 64 heavy (non-hydrogen) atoms. The molecule has 2 fully saturated rings. The first-order valence-electron chi connectivity index (χ1n) is 21.1. The molecule has 2 aromatic carbocycles. The molecule has 7 rings (SSSR count). The number of benzene rings is 2. The van der Waals surface area contributed by atoms with Crippen LogP contribution in [0.5, 0.6) is 11.5 Å². The summed E-state index contributed by atoms with van der Waals surface area (Å²) in [6.07, 6.45) is 16.0. The van der Waals surface area contributed by atoms with Gasteiger partial charge in [0.05, 0.1) is 30.0 Å². The second-order valence-corrected chi connectivity index (χ2v) is 15.1. The van der Waals surface area contributed by atoms with Crippen LogP contribution in [0.1, 0.15) is 79.6 Å². The fourth-order valence-electron chi connectivity index (χ4n) is 7.20. The first-order valence-corrected chi connectivity index (χ1v) is 21.1. The minimum absolute atomic E-state index is 0.0567. The van der Waals surface area contributed by atoms with Crippen molar-refractivity contribution in [2.75, 3.05) is 19.8 Å². The van der Waals surface area contributed by atoms with Crippen LogP contribution in [0.3, 0.4) is 0 Å². The number of nitrogens with zero attached hydrogens (tertiary/aromatic N) is 5. The summed E-state index contributed by atoms with van der Waals surface area (Å²) in [5.74, 6) is 5.18. The molecule has 3 aromatic heterocycles. The monoisotopic (exact) mass is 862 g/mol. The molecule has 0 radical (unpaired) electrons. The Morgan fingerprint density at radius 2 is 1.88 bits per heavy atom. The molecule has 4 heterocycles. The second-order valence-electron chi connectivity index (χ2n) is 15.1. The number of hydrogen-bond donors (Lipinski definition) is 2. The zero-order chi connectivity index (χ0) is 45.6. The Morgan fingerprint density at radius 3 is 2.55 bits per heavy atom. The van der Waals surface area contributed by atoms with Gasteiger partial charge in [-0.2, -0.15) is 5.26 Å². The molecule has 1 saturated heterocycles. The molecular formula is C50H50N6O8. The molecule has 2 N–H and O–H groups in total. The molecule has 14 nitrogen and oxygen atoms in total. The molecule has 1 aliphatic heterocycles. The van der Waals surface area contributed by atoms with Crippen LogP contribution < -0.4 is 10.1 Å². The predicted molar refractivity (Wildman–Crippen MR) is 241 cm³/mol. The number of aromatic hydroxyl groups is 1. The van der Waals surface area contributed by atoms with Crippen LogP contribution in [0.15, 0.2) is 103 Å². The van der Waals surface area contributed by atoms with Crippen molar-refractivity contribution in [3.8, 4) is 29.4 Å². The van der Waals surface area contributed by atoms with Gasteiger partial charge in [0.2, 0.25) is 18.2 Å². The van der Waals surface area contributed by atoms with Crippen LogP contribution in [0.2, 0.25) is 0 Å². The Bertz CT molecular complexity index is 2730. The van der Waals surface area contributed by atoms with E-state index in [0.717, 1.165) is 51.7 Å². The topological polar surface area (TPSA) is 186 Å². The summed E-state index contributed by atoms with van der Waals surface area (Å²) in [4.78, 5) is 56.8. The van der Waals surface area contributed by atoms with E-state index >= 15 is 0 Å². The third kappa shape index (κ3) is 11.3. The highest BCUT2D eigenvalue weighted by atomic mass is 16.5. The van der Waals surface area contributed by atoms with Crippen LogP contribution in [-0.2, 0) is 30.9 Å². The number of rotatable bonds is 14. The molecular weight excluding hydrogens is 813 g/mol. The van der Waals surface area contributed by atoms with Gasteiger partial charge in [0, 0.05) is 47.7 Å². The molecule has 2 aliphatic rings. The number of aromatic nitrogens is 3. The van der Waals surface area contributed by atoms with Gasteiger partial charge < -0.3 is 23.9 Å². The molecule has 328 valence electrons. The summed E-state index contributed by atoms with van der Waals surface area (Å²) in [5, 5.41) is 23.5. The lowest BCUT2D eigenvalue weighted by Gasteiger charge is -2.28. The fraction of sp³-hybridized carbons (Fsp3) is 0.300. The fourth-order valence-corrected chi connectivity index (χ4v) is 7.20. The number of imide groups is 2. The van der Waals surface area contributed by atoms with Gasteiger partial charge in [-0.1, -0.05) is 31.1 Å². The molecule has 0 spiro atoms. The lowest BCUT2D eigenvalue weighted by atomic mass is 9.95. The highest BCUT2D eigenvalue weighted by Crippen LogP contribution is 2.32. The molecule has 1 aliphatic carbocycles. The van der Waals surface area contributed by atoms with E-state index in [2.05, 4.69) is 76.0 Å². The van der Waals surface area contributed by atoms with Gasteiger partial charge in [0.15, 0.2) is 0 Å². The SMILES string of the molecule is C\C=C(/C=C(C#N)\C(=C\CC)OC1CCC1)c1ccc2c3cnccc3n(C)c2c1.Cc1cc(OCCOCC#Cc2ccc(O)cn2)ccc1C(=O)N(C=O)C1CCC(=O)NC1=O. The third-order valence-electron chi connectivity index (χ3n) is 10.8. The zero-order valence-corrected chi connectivity index (χ0v) is 36.3. The summed E-state index contributed by atoms with van der Waals surface area (Å²) in [6.45, 7) is 6.48. The van der Waals surface area contributed by atoms with Crippen molar-refractivity contribution in [3.05, 3.63) is 125 Å². The number of carbonyl (C=O) groups excluding carboxylic acids is 4. The lowest BCUT2D eigenvalue weighted by Crippen LogP contribution is -2.53. The normalized spacial score (nSPS) is 15.5. The third-order valence-corrected chi connectivity index (χ3v) is 10.8. The van der Waals surface area contributed by atoms with E-state index in [1.807, 2.05) is 37.5 Å². The van der Waals surface area contributed by atoms with Crippen molar-refractivity contribution in [1.82, 2.24) is 24.8 Å². The summed E-state index contributed by atoms with van der Waals surface area (Å²) in [7, 11) is 2.08. The number of hydrogen-bond acceptors (Lipinski definition) is 11. The standard InChI is InChI=1S/C26H27N3O.C24H23N3O7/c1-4-7-26(30-21-8-6-9-21)20(16-27)14-18(5-2)19-10-11-22-23-17-28-13-12-24(23)29(3)25(22)15-19;1-16-13-19(34-12-11-33-10-2-3-17-4-5-18(29)14-25-17)6-7-20(16)24(32)27(15-28)21-8-9-22(30)26-23(21)31/h5,7,10-15,17,21H,4,6,8-9H2,1-3H3;4-7,13-15,21,29H,8-12H2,1H3,(H,26,30,31)/b18-5+,20-14-,26-7-;. The smallest absolute Gasteiger partial charge is 0.261 e. The summed E-state index contributed by atoms with van der Waals surface area (Å²) in [6, 6.07) is 17.7. The number of pyridine rings is 2. The Balaban J connectivity index is 0.000000214. The molecule has 1 unspecified atom stereocenters. The van der Waals surface area contributed by atoms with Crippen LogP contribution in [-0.4, -0.2) is 80.6 Å². The van der Waals surface area contributed by atoms with E-state index in [4.69, 9.17) is 14.2 Å². The molecule has 0 bridgehead atoms. The van der Waals surface area contributed by atoms with Crippen molar-refractivity contribution >= 4 is 51.5 Å². The molecule has 4 amide bonds. The summed E-state index contributed by atoms with van der Waals surface area (Å²) >= 11 is 0. The van der Waals surface area contributed by atoms with Gasteiger partial charge in [0.1, 0.15) is 48.3 Å². The maximum Gasteiger partial charge on any atom is 0.261 e. The predicted octanol–water partition coefficient (Wildman–Crippen LogP) is 7.39. The number of fused-ring (bicyclic) bond motifs is 3. The average Bonchev–Trinajstić information content (AvgIpc) is 3.57. The Hall–Kier alpha value is -7.55. The first kappa shape index (κ1) is 46.0. The van der Waals surface area contributed by atoms with E-state index in [9.17, 15) is 29.5 Å². The largest absolute Gasteiger partial charge is 0.506 e. The summed E-state index contributed by atoms with van der Waals surface area (Å²) in [5.41, 5.74) is 6.32. The summed E-state index contributed by atoms with van der Waals surface area (Å²) < 4.78 is 19.3. The highest BCUT2D eigenvalue weighted by Gasteiger charge is 2.35. The van der Waals surface area contributed by atoms with Crippen LogP contribution in [0.4, 0.5) is 0 Å². The van der Waals surface area contributed by atoms with Gasteiger partial charge in [0.25, 0.3) is 5.91 Å². The van der Waals surface area contributed by atoms with Crippen molar-refractivity contribution in [2.24, 2.45) is 7.05 Å². The molecule has 5 aromatic rings. The van der Waals surface area contributed by atoms with E-state index < -0.39 is 23.8 Å². The zero-order valence-electron chi connectivity index (χ0n) is 36.3. The van der Waals surface area contributed by atoms with E-state index in [1.165, 1.54) is 30.1 Å².